The predicted molar refractivity (Wildman–Crippen MR) is 64.2 cm³/mol. The molecule has 1 aliphatic rings. The van der Waals surface area contributed by atoms with E-state index in [0.29, 0.717) is 19.0 Å². The summed E-state index contributed by atoms with van der Waals surface area (Å²) in [6.07, 6.45) is 1.64. The van der Waals surface area contributed by atoms with E-state index in [-0.39, 0.29) is 23.1 Å². The first-order chi connectivity index (χ1) is 9.25. The van der Waals surface area contributed by atoms with Gasteiger partial charge < -0.3 is 14.4 Å². The van der Waals surface area contributed by atoms with E-state index in [9.17, 15) is 9.50 Å². The number of halogens is 1. The zero-order chi connectivity index (χ0) is 13.2. The van der Waals surface area contributed by atoms with E-state index in [1.807, 2.05) is 0 Å². The fourth-order valence-electron chi connectivity index (χ4n) is 2.18. The molecule has 0 bridgehead atoms. The van der Waals surface area contributed by atoms with Gasteiger partial charge in [0.15, 0.2) is 5.82 Å². The van der Waals surface area contributed by atoms with E-state index in [4.69, 9.17) is 9.26 Å². The van der Waals surface area contributed by atoms with Crippen LogP contribution in [0.2, 0.25) is 0 Å². The number of nitrogens with zero attached hydrogens (tertiary/aromatic N) is 2. The summed E-state index contributed by atoms with van der Waals surface area (Å²) < 4.78 is 24.0. The third-order valence-electron chi connectivity index (χ3n) is 3.23. The lowest BCUT2D eigenvalue weighted by Crippen LogP contribution is -2.15. The number of benzene rings is 1. The molecule has 1 aromatic carbocycles. The third-order valence-corrected chi connectivity index (χ3v) is 3.23. The molecule has 0 radical (unpaired) electrons. The standard InChI is InChI=1S/C13H13FN2O3/c14-9-2-1-3-10(17)11(9)13-15-12(16-19-13)8-4-6-18-7-5-8/h1-3,8,17H,4-7H2. The monoisotopic (exact) mass is 264 g/mol. The van der Waals surface area contributed by atoms with Gasteiger partial charge in [-0.25, -0.2) is 4.39 Å². The lowest BCUT2D eigenvalue weighted by atomic mass is 10.00. The highest BCUT2D eigenvalue weighted by molar-refractivity contribution is 5.62. The van der Waals surface area contributed by atoms with Crippen LogP contribution in [0.1, 0.15) is 24.6 Å². The van der Waals surface area contributed by atoms with E-state index in [1.54, 1.807) is 0 Å². The molecule has 1 N–H and O–H groups in total. The Morgan fingerprint density at radius 3 is 2.79 bits per heavy atom. The Morgan fingerprint density at radius 1 is 1.26 bits per heavy atom. The van der Waals surface area contributed by atoms with Crippen LogP contribution in [0.5, 0.6) is 5.75 Å². The average Bonchev–Trinajstić information content (AvgIpc) is 2.89. The van der Waals surface area contributed by atoms with Crippen molar-refractivity contribution in [2.75, 3.05) is 13.2 Å². The second-order valence-electron chi connectivity index (χ2n) is 4.48. The van der Waals surface area contributed by atoms with Crippen molar-refractivity contribution in [3.8, 4) is 17.2 Å². The molecule has 1 saturated heterocycles. The van der Waals surface area contributed by atoms with E-state index in [2.05, 4.69) is 10.1 Å². The highest BCUT2D eigenvalue weighted by atomic mass is 19.1. The van der Waals surface area contributed by atoms with Crippen LogP contribution in [0, 0.1) is 5.82 Å². The molecule has 0 atom stereocenters. The Morgan fingerprint density at radius 2 is 2.05 bits per heavy atom. The van der Waals surface area contributed by atoms with Crippen LogP contribution in [-0.4, -0.2) is 28.5 Å². The minimum Gasteiger partial charge on any atom is -0.507 e. The SMILES string of the molecule is Oc1cccc(F)c1-c1nc(C2CCOCC2)no1. The minimum absolute atomic E-state index is 0.0112. The van der Waals surface area contributed by atoms with Gasteiger partial charge in [0.2, 0.25) is 0 Å². The molecule has 0 spiro atoms. The molecule has 2 aromatic rings. The molecule has 3 rings (SSSR count). The first kappa shape index (κ1) is 12.1. The van der Waals surface area contributed by atoms with Crippen LogP contribution in [0.4, 0.5) is 4.39 Å². The largest absolute Gasteiger partial charge is 0.507 e. The zero-order valence-corrected chi connectivity index (χ0v) is 10.2. The van der Waals surface area contributed by atoms with Crippen molar-refractivity contribution < 1.29 is 18.8 Å². The summed E-state index contributed by atoms with van der Waals surface area (Å²) in [5.41, 5.74) is -0.0479. The Bertz CT molecular complexity index is 559. The first-order valence-electron chi connectivity index (χ1n) is 6.15. The van der Waals surface area contributed by atoms with Crippen LogP contribution in [0.3, 0.4) is 0 Å². The van der Waals surface area contributed by atoms with E-state index < -0.39 is 5.82 Å². The molecule has 100 valence electrons. The van der Waals surface area contributed by atoms with Crippen LogP contribution in [0.15, 0.2) is 22.7 Å². The highest BCUT2D eigenvalue weighted by Gasteiger charge is 2.23. The summed E-state index contributed by atoms with van der Waals surface area (Å²) in [4.78, 5) is 4.19. The molecule has 0 amide bonds. The van der Waals surface area contributed by atoms with Crippen molar-refractivity contribution in [1.29, 1.82) is 0 Å². The summed E-state index contributed by atoms with van der Waals surface area (Å²) >= 11 is 0. The van der Waals surface area contributed by atoms with Gasteiger partial charge >= 0.3 is 0 Å². The maximum absolute atomic E-state index is 13.7. The lowest BCUT2D eigenvalue weighted by molar-refractivity contribution is 0.0830. The van der Waals surface area contributed by atoms with Crippen LogP contribution >= 0.6 is 0 Å². The lowest BCUT2D eigenvalue weighted by Gasteiger charge is -2.18. The second-order valence-corrected chi connectivity index (χ2v) is 4.48. The highest BCUT2D eigenvalue weighted by Crippen LogP contribution is 2.32. The molecule has 0 saturated carbocycles. The number of hydrogen-bond acceptors (Lipinski definition) is 5. The normalized spacial score (nSPS) is 16.7. The Kier molecular flexibility index (Phi) is 3.16. The van der Waals surface area contributed by atoms with Gasteiger partial charge in [0, 0.05) is 19.1 Å². The number of rotatable bonds is 2. The number of aromatic nitrogens is 2. The van der Waals surface area contributed by atoms with Gasteiger partial charge in [0.25, 0.3) is 5.89 Å². The minimum atomic E-state index is -0.581. The average molecular weight is 264 g/mol. The Labute approximate surface area is 109 Å². The molecule has 1 fully saturated rings. The van der Waals surface area contributed by atoms with Crippen molar-refractivity contribution >= 4 is 0 Å². The van der Waals surface area contributed by atoms with Crippen LogP contribution in [0.25, 0.3) is 11.5 Å². The summed E-state index contributed by atoms with van der Waals surface area (Å²) in [7, 11) is 0. The van der Waals surface area contributed by atoms with E-state index >= 15 is 0 Å². The van der Waals surface area contributed by atoms with Crippen molar-refractivity contribution in [1.82, 2.24) is 10.1 Å². The maximum Gasteiger partial charge on any atom is 0.264 e. The van der Waals surface area contributed by atoms with Crippen molar-refractivity contribution in [3.63, 3.8) is 0 Å². The topological polar surface area (TPSA) is 68.4 Å². The zero-order valence-electron chi connectivity index (χ0n) is 10.2. The maximum atomic E-state index is 13.7. The van der Waals surface area contributed by atoms with Gasteiger partial charge in [-0.15, -0.1) is 0 Å². The third kappa shape index (κ3) is 2.31. The Hall–Kier alpha value is -1.95. The second kappa shape index (κ2) is 4.97. The summed E-state index contributed by atoms with van der Waals surface area (Å²) in [6, 6.07) is 4.05. The van der Waals surface area contributed by atoms with Crippen molar-refractivity contribution in [3.05, 3.63) is 29.8 Å². The van der Waals surface area contributed by atoms with Gasteiger partial charge in [0.05, 0.1) is 0 Å². The van der Waals surface area contributed by atoms with Gasteiger partial charge in [0.1, 0.15) is 17.1 Å². The quantitative estimate of drug-likeness (QED) is 0.902. The molecular weight excluding hydrogens is 251 g/mol. The predicted octanol–water partition coefficient (Wildman–Crippen LogP) is 2.48. The van der Waals surface area contributed by atoms with Crippen molar-refractivity contribution in [2.24, 2.45) is 0 Å². The summed E-state index contributed by atoms with van der Waals surface area (Å²) in [5.74, 6) is -0.0671. The number of phenols is 1. The molecule has 6 heteroatoms. The molecule has 0 unspecified atom stereocenters. The van der Waals surface area contributed by atoms with Gasteiger partial charge in [-0.3, -0.25) is 0 Å². The van der Waals surface area contributed by atoms with Gasteiger partial charge in [-0.05, 0) is 25.0 Å². The fraction of sp³-hybridized carbons (Fsp3) is 0.385. The van der Waals surface area contributed by atoms with E-state index in [1.165, 1.54) is 18.2 Å². The van der Waals surface area contributed by atoms with Crippen LogP contribution < -0.4 is 0 Å². The van der Waals surface area contributed by atoms with Gasteiger partial charge in [-0.1, -0.05) is 11.2 Å². The summed E-state index contributed by atoms with van der Waals surface area (Å²) in [6.45, 7) is 1.33. The first-order valence-corrected chi connectivity index (χ1v) is 6.15. The molecule has 19 heavy (non-hydrogen) atoms. The van der Waals surface area contributed by atoms with E-state index in [0.717, 1.165) is 12.8 Å². The smallest absolute Gasteiger partial charge is 0.264 e. The number of ether oxygens (including phenoxy) is 1. The number of aromatic hydroxyl groups is 1. The number of phenolic OH excluding ortho intramolecular Hbond substituents is 1. The molecule has 2 heterocycles. The summed E-state index contributed by atoms with van der Waals surface area (Å²) in [5, 5.41) is 13.6. The van der Waals surface area contributed by atoms with Crippen molar-refractivity contribution in [2.45, 2.75) is 18.8 Å². The van der Waals surface area contributed by atoms with Gasteiger partial charge in [-0.2, -0.15) is 4.98 Å². The number of hydrogen-bond donors (Lipinski definition) is 1. The molecule has 1 aliphatic heterocycles. The molecule has 1 aromatic heterocycles. The molecule has 5 nitrogen and oxygen atoms in total. The fourth-order valence-corrected chi connectivity index (χ4v) is 2.18. The molecular formula is C13H13FN2O3. The molecule has 0 aliphatic carbocycles. The Balaban J connectivity index is 1.92. The van der Waals surface area contributed by atoms with Crippen LogP contribution in [-0.2, 0) is 4.74 Å².